The van der Waals surface area contributed by atoms with Crippen LogP contribution in [-0.4, -0.2) is 5.11 Å². The van der Waals surface area contributed by atoms with Gasteiger partial charge < -0.3 is 9.84 Å². The Balaban J connectivity index is 1.82. The third kappa shape index (κ3) is 3.42. The van der Waals surface area contributed by atoms with E-state index in [2.05, 4.69) is 0 Å². The van der Waals surface area contributed by atoms with E-state index in [1.165, 1.54) is 0 Å². The Labute approximate surface area is 124 Å². The lowest BCUT2D eigenvalue weighted by Crippen LogP contribution is -1.95. The van der Waals surface area contributed by atoms with Crippen LogP contribution in [0.15, 0.2) is 78.9 Å². The van der Waals surface area contributed by atoms with Crippen LogP contribution in [0.3, 0.4) is 0 Å². The molecule has 3 aromatic rings. The maximum Gasteiger partial charge on any atom is 0.124 e. The van der Waals surface area contributed by atoms with Gasteiger partial charge in [-0.05, 0) is 28.8 Å². The van der Waals surface area contributed by atoms with Gasteiger partial charge in [0, 0.05) is 6.07 Å². The van der Waals surface area contributed by atoms with Crippen LogP contribution < -0.4 is 4.74 Å². The Morgan fingerprint density at radius 2 is 1.38 bits per heavy atom. The second-order valence-electron chi connectivity index (χ2n) is 4.86. The number of hydrogen-bond acceptors (Lipinski definition) is 2. The summed E-state index contributed by atoms with van der Waals surface area (Å²) in [7, 11) is 0. The van der Waals surface area contributed by atoms with Gasteiger partial charge in [0.1, 0.15) is 18.1 Å². The summed E-state index contributed by atoms with van der Waals surface area (Å²) in [5, 5.41) is 9.87. The van der Waals surface area contributed by atoms with E-state index >= 15 is 0 Å². The fourth-order valence-electron chi connectivity index (χ4n) is 2.20. The molecule has 0 aliphatic heterocycles. The highest BCUT2D eigenvalue weighted by atomic mass is 16.5. The first-order chi connectivity index (χ1) is 10.3. The minimum Gasteiger partial charge on any atom is -0.508 e. The molecule has 0 heterocycles. The molecule has 0 aliphatic carbocycles. The van der Waals surface area contributed by atoms with Crippen molar-refractivity contribution in [3.63, 3.8) is 0 Å². The van der Waals surface area contributed by atoms with Crippen LogP contribution in [0.4, 0.5) is 0 Å². The van der Waals surface area contributed by atoms with Gasteiger partial charge in [0.2, 0.25) is 0 Å². The molecule has 0 unspecified atom stereocenters. The summed E-state index contributed by atoms with van der Waals surface area (Å²) in [4.78, 5) is 0. The number of phenols is 1. The normalized spacial score (nSPS) is 10.3. The first kappa shape index (κ1) is 13.3. The first-order valence-corrected chi connectivity index (χ1v) is 6.87. The third-order valence-corrected chi connectivity index (χ3v) is 3.25. The van der Waals surface area contributed by atoms with Gasteiger partial charge in [-0.2, -0.15) is 0 Å². The summed E-state index contributed by atoms with van der Waals surface area (Å²) < 4.78 is 5.78. The summed E-state index contributed by atoms with van der Waals surface area (Å²) in [5.41, 5.74) is 3.10. The lowest BCUT2D eigenvalue weighted by molar-refractivity contribution is 0.304. The molecule has 3 rings (SSSR count). The summed E-state index contributed by atoms with van der Waals surface area (Å²) in [5.74, 6) is 0.872. The van der Waals surface area contributed by atoms with Crippen molar-refractivity contribution in [3.8, 4) is 22.6 Å². The first-order valence-electron chi connectivity index (χ1n) is 6.87. The number of aromatic hydroxyl groups is 1. The van der Waals surface area contributed by atoms with Gasteiger partial charge in [-0.15, -0.1) is 0 Å². The molecule has 3 aromatic carbocycles. The molecule has 1 N–H and O–H groups in total. The van der Waals surface area contributed by atoms with E-state index in [1.807, 2.05) is 66.7 Å². The summed E-state index contributed by atoms with van der Waals surface area (Å²) >= 11 is 0. The lowest BCUT2D eigenvalue weighted by Gasteiger charge is -2.09. The number of rotatable bonds is 4. The molecule has 0 spiro atoms. The highest BCUT2D eigenvalue weighted by molar-refractivity contribution is 5.67. The molecule has 104 valence electrons. The molecule has 0 amide bonds. The minimum atomic E-state index is 0.208. The molecule has 2 heteroatoms. The molecule has 0 saturated heterocycles. The molecule has 0 bridgehead atoms. The maximum absolute atomic E-state index is 9.87. The fourth-order valence-corrected chi connectivity index (χ4v) is 2.20. The SMILES string of the molecule is Oc1cc(OCc2ccccc2)cc(-c2ccccc2)c1. The molecule has 0 saturated carbocycles. The molecule has 0 aromatic heterocycles. The van der Waals surface area contributed by atoms with Crippen LogP contribution in [0.2, 0.25) is 0 Å². The standard InChI is InChI=1S/C19H16O2/c20-18-11-17(16-9-5-2-6-10-16)12-19(13-18)21-14-15-7-3-1-4-8-15/h1-13,20H,14H2. The fraction of sp³-hybridized carbons (Fsp3) is 0.0526. The van der Waals surface area contributed by atoms with Crippen molar-refractivity contribution in [2.45, 2.75) is 6.61 Å². The highest BCUT2D eigenvalue weighted by Gasteiger charge is 2.04. The largest absolute Gasteiger partial charge is 0.508 e. The molecular formula is C19H16O2. The van der Waals surface area contributed by atoms with E-state index in [0.717, 1.165) is 16.7 Å². The summed E-state index contributed by atoms with van der Waals surface area (Å²) in [6.07, 6.45) is 0. The second-order valence-corrected chi connectivity index (χ2v) is 4.86. The minimum absolute atomic E-state index is 0.208. The molecule has 0 fully saturated rings. The second kappa shape index (κ2) is 6.14. The van der Waals surface area contributed by atoms with E-state index in [-0.39, 0.29) is 5.75 Å². The molecule has 2 nitrogen and oxygen atoms in total. The van der Waals surface area contributed by atoms with Crippen molar-refractivity contribution in [3.05, 3.63) is 84.4 Å². The van der Waals surface area contributed by atoms with Gasteiger partial charge >= 0.3 is 0 Å². The predicted octanol–water partition coefficient (Wildman–Crippen LogP) is 4.64. The zero-order valence-electron chi connectivity index (χ0n) is 11.6. The Bertz CT molecular complexity index is 706. The van der Waals surface area contributed by atoms with Gasteiger partial charge in [-0.25, -0.2) is 0 Å². The molecule has 0 atom stereocenters. The van der Waals surface area contributed by atoms with Crippen molar-refractivity contribution in [2.75, 3.05) is 0 Å². The number of ether oxygens (including phenoxy) is 1. The van der Waals surface area contributed by atoms with Gasteiger partial charge in [0.05, 0.1) is 0 Å². The highest BCUT2D eigenvalue weighted by Crippen LogP contribution is 2.29. The average molecular weight is 276 g/mol. The summed E-state index contributed by atoms with van der Waals surface area (Å²) in [6, 6.07) is 25.2. The monoisotopic (exact) mass is 276 g/mol. The lowest BCUT2D eigenvalue weighted by atomic mass is 10.1. The molecule has 0 aliphatic rings. The van der Waals surface area contributed by atoms with Crippen molar-refractivity contribution in [1.29, 1.82) is 0 Å². The topological polar surface area (TPSA) is 29.5 Å². The Kier molecular flexibility index (Phi) is 3.88. The van der Waals surface area contributed by atoms with Gasteiger partial charge in [0.15, 0.2) is 0 Å². The van der Waals surface area contributed by atoms with E-state index < -0.39 is 0 Å². The van der Waals surface area contributed by atoms with Crippen molar-refractivity contribution >= 4 is 0 Å². The quantitative estimate of drug-likeness (QED) is 0.752. The third-order valence-electron chi connectivity index (χ3n) is 3.25. The van der Waals surface area contributed by atoms with Crippen LogP contribution in [-0.2, 0) is 6.61 Å². The van der Waals surface area contributed by atoms with Crippen LogP contribution in [0.5, 0.6) is 11.5 Å². The van der Waals surface area contributed by atoms with Crippen LogP contribution in [0, 0.1) is 0 Å². The maximum atomic E-state index is 9.87. The van der Waals surface area contributed by atoms with E-state index in [1.54, 1.807) is 12.1 Å². The van der Waals surface area contributed by atoms with Gasteiger partial charge in [0.25, 0.3) is 0 Å². The number of phenolic OH excluding ortho intramolecular Hbond substituents is 1. The molecule has 0 radical (unpaired) electrons. The van der Waals surface area contributed by atoms with Gasteiger partial charge in [-0.1, -0.05) is 60.7 Å². The zero-order valence-corrected chi connectivity index (χ0v) is 11.6. The Hall–Kier alpha value is -2.74. The van der Waals surface area contributed by atoms with Crippen molar-refractivity contribution in [2.24, 2.45) is 0 Å². The van der Waals surface area contributed by atoms with Crippen molar-refractivity contribution in [1.82, 2.24) is 0 Å². The van der Waals surface area contributed by atoms with E-state index in [4.69, 9.17) is 4.74 Å². The Morgan fingerprint density at radius 3 is 2.10 bits per heavy atom. The van der Waals surface area contributed by atoms with Crippen molar-refractivity contribution < 1.29 is 9.84 Å². The zero-order chi connectivity index (χ0) is 14.5. The van der Waals surface area contributed by atoms with E-state index in [0.29, 0.717) is 12.4 Å². The Morgan fingerprint density at radius 1 is 0.714 bits per heavy atom. The smallest absolute Gasteiger partial charge is 0.124 e. The van der Waals surface area contributed by atoms with Crippen LogP contribution in [0.1, 0.15) is 5.56 Å². The van der Waals surface area contributed by atoms with Crippen LogP contribution in [0.25, 0.3) is 11.1 Å². The summed E-state index contributed by atoms with van der Waals surface area (Å²) in [6.45, 7) is 0.485. The number of hydrogen-bond donors (Lipinski definition) is 1. The van der Waals surface area contributed by atoms with Crippen LogP contribution >= 0.6 is 0 Å². The predicted molar refractivity (Wildman–Crippen MR) is 84.3 cm³/mol. The molecular weight excluding hydrogens is 260 g/mol. The van der Waals surface area contributed by atoms with Gasteiger partial charge in [-0.3, -0.25) is 0 Å². The average Bonchev–Trinajstić information content (AvgIpc) is 2.54. The van der Waals surface area contributed by atoms with E-state index in [9.17, 15) is 5.11 Å². The number of benzene rings is 3. The molecule has 21 heavy (non-hydrogen) atoms.